The van der Waals surface area contributed by atoms with Gasteiger partial charge in [-0.3, -0.25) is 0 Å². The monoisotopic (exact) mass is 244 g/mol. The third-order valence-corrected chi connectivity index (χ3v) is 3.05. The second-order valence-corrected chi connectivity index (χ2v) is 4.85. The summed E-state index contributed by atoms with van der Waals surface area (Å²) in [6.45, 7) is 11.5. The van der Waals surface area contributed by atoms with Gasteiger partial charge in [-0.1, -0.05) is 26.2 Å². The molecule has 0 amide bonds. The Morgan fingerprint density at radius 1 is 1.18 bits per heavy atom. The lowest BCUT2D eigenvalue weighted by Gasteiger charge is -2.19. The number of unbranched alkanes of at least 4 members (excludes halogenated alkanes) is 2. The first-order valence-electron chi connectivity index (χ1n) is 7.20. The molecule has 0 saturated carbocycles. The maximum atomic E-state index is 5.33. The predicted molar refractivity (Wildman–Crippen MR) is 75.6 cm³/mol. The van der Waals surface area contributed by atoms with E-state index in [9.17, 15) is 0 Å². The third-order valence-electron chi connectivity index (χ3n) is 3.05. The summed E-state index contributed by atoms with van der Waals surface area (Å²) in [5, 5.41) is 3.58. The molecule has 0 bridgehead atoms. The van der Waals surface area contributed by atoms with E-state index in [1.54, 1.807) is 0 Å². The molecule has 0 spiro atoms. The average Bonchev–Trinajstić information content (AvgIpc) is 2.30. The van der Waals surface area contributed by atoms with Gasteiger partial charge in [0, 0.05) is 32.3 Å². The number of hydrogen-bond acceptors (Lipinski definition) is 3. The Balaban J connectivity index is 3.29. The van der Waals surface area contributed by atoms with Gasteiger partial charge in [0.15, 0.2) is 0 Å². The fraction of sp³-hybridized carbons (Fsp3) is 1.00. The number of hydrogen-bond donors (Lipinski definition) is 1. The van der Waals surface area contributed by atoms with E-state index in [0.29, 0.717) is 6.04 Å². The highest BCUT2D eigenvalue weighted by Crippen LogP contribution is 2.02. The molecule has 0 heterocycles. The molecule has 1 N–H and O–H groups in total. The van der Waals surface area contributed by atoms with Crippen molar-refractivity contribution >= 4 is 0 Å². The molecule has 0 aliphatic heterocycles. The molecule has 0 fully saturated rings. The highest BCUT2D eigenvalue weighted by molar-refractivity contribution is 4.62. The van der Waals surface area contributed by atoms with Crippen LogP contribution in [0, 0.1) is 0 Å². The van der Waals surface area contributed by atoms with Gasteiger partial charge in [0.1, 0.15) is 0 Å². The van der Waals surface area contributed by atoms with Crippen LogP contribution < -0.4 is 5.32 Å². The number of nitrogens with one attached hydrogen (secondary N) is 1. The van der Waals surface area contributed by atoms with Crippen molar-refractivity contribution in [3.63, 3.8) is 0 Å². The van der Waals surface area contributed by atoms with Crippen LogP contribution in [0.15, 0.2) is 0 Å². The van der Waals surface area contributed by atoms with Gasteiger partial charge in [0.05, 0.1) is 6.61 Å². The van der Waals surface area contributed by atoms with Gasteiger partial charge in [-0.2, -0.15) is 0 Å². The molecule has 3 nitrogen and oxygen atoms in total. The van der Waals surface area contributed by atoms with Crippen LogP contribution in [-0.4, -0.2) is 50.8 Å². The van der Waals surface area contributed by atoms with E-state index in [4.69, 9.17) is 4.74 Å². The lowest BCUT2D eigenvalue weighted by atomic mass is 10.1. The van der Waals surface area contributed by atoms with E-state index < -0.39 is 0 Å². The van der Waals surface area contributed by atoms with Gasteiger partial charge in [-0.15, -0.1) is 0 Å². The molecule has 0 rings (SSSR count). The van der Waals surface area contributed by atoms with E-state index in [1.807, 2.05) is 6.92 Å². The van der Waals surface area contributed by atoms with E-state index >= 15 is 0 Å². The molecular formula is C14H32N2O. The maximum absolute atomic E-state index is 5.33. The lowest BCUT2D eigenvalue weighted by molar-refractivity contribution is 0.122. The van der Waals surface area contributed by atoms with E-state index in [2.05, 4.69) is 31.1 Å². The molecule has 1 unspecified atom stereocenters. The number of likely N-dealkylation sites (N-methyl/N-ethyl adjacent to an activating group) is 1. The van der Waals surface area contributed by atoms with Gasteiger partial charge >= 0.3 is 0 Å². The first-order valence-corrected chi connectivity index (χ1v) is 7.20. The van der Waals surface area contributed by atoms with Crippen LogP contribution in [0.2, 0.25) is 0 Å². The summed E-state index contributed by atoms with van der Waals surface area (Å²) in [5.74, 6) is 0. The summed E-state index contributed by atoms with van der Waals surface area (Å²) in [6.07, 6.45) is 5.33. The average molecular weight is 244 g/mol. The SMILES string of the molecule is CCCCCC(C)NCCN(C)CCOCC. The van der Waals surface area contributed by atoms with Gasteiger partial charge in [0.2, 0.25) is 0 Å². The second-order valence-electron chi connectivity index (χ2n) is 4.85. The summed E-state index contributed by atoms with van der Waals surface area (Å²) < 4.78 is 5.33. The zero-order valence-corrected chi connectivity index (χ0v) is 12.3. The first kappa shape index (κ1) is 16.9. The van der Waals surface area contributed by atoms with Crippen LogP contribution in [0.25, 0.3) is 0 Å². The van der Waals surface area contributed by atoms with E-state index in [1.165, 1.54) is 25.7 Å². The lowest BCUT2D eigenvalue weighted by Crippen LogP contribution is -2.35. The second kappa shape index (κ2) is 12.3. The Kier molecular flexibility index (Phi) is 12.3. The van der Waals surface area contributed by atoms with Gasteiger partial charge in [-0.25, -0.2) is 0 Å². The van der Waals surface area contributed by atoms with Crippen molar-refractivity contribution in [1.29, 1.82) is 0 Å². The van der Waals surface area contributed by atoms with Crippen molar-refractivity contribution in [3.05, 3.63) is 0 Å². The summed E-state index contributed by atoms with van der Waals surface area (Å²) >= 11 is 0. The predicted octanol–water partition coefficient (Wildman–Crippen LogP) is 2.51. The smallest absolute Gasteiger partial charge is 0.0593 e. The highest BCUT2D eigenvalue weighted by atomic mass is 16.5. The molecule has 104 valence electrons. The minimum atomic E-state index is 0.654. The molecule has 0 radical (unpaired) electrons. The molecule has 1 atom stereocenters. The standard InChI is InChI=1S/C14H32N2O/c1-5-7-8-9-14(3)15-10-11-16(4)12-13-17-6-2/h14-15H,5-13H2,1-4H3. The Labute approximate surface area is 108 Å². The zero-order valence-electron chi connectivity index (χ0n) is 12.3. The Hall–Kier alpha value is -0.120. The summed E-state index contributed by atoms with van der Waals surface area (Å²) in [6, 6.07) is 0.654. The summed E-state index contributed by atoms with van der Waals surface area (Å²) in [5.41, 5.74) is 0. The largest absolute Gasteiger partial charge is 0.380 e. The zero-order chi connectivity index (χ0) is 12.9. The minimum absolute atomic E-state index is 0.654. The quantitative estimate of drug-likeness (QED) is 0.534. The molecule has 0 saturated heterocycles. The molecule has 17 heavy (non-hydrogen) atoms. The molecule has 0 aromatic rings. The molecule has 0 aliphatic rings. The van der Waals surface area contributed by atoms with Crippen molar-refractivity contribution < 1.29 is 4.74 Å². The number of rotatable bonds is 12. The Morgan fingerprint density at radius 3 is 2.59 bits per heavy atom. The van der Waals surface area contributed by atoms with Crippen LogP contribution in [0.3, 0.4) is 0 Å². The number of ether oxygens (including phenoxy) is 1. The van der Waals surface area contributed by atoms with Crippen LogP contribution >= 0.6 is 0 Å². The van der Waals surface area contributed by atoms with Crippen molar-refractivity contribution in [3.8, 4) is 0 Å². The van der Waals surface area contributed by atoms with Crippen LogP contribution in [0.1, 0.15) is 46.5 Å². The third kappa shape index (κ3) is 12.1. The topological polar surface area (TPSA) is 24.5 Å². The van der Waals surface area contributed by atoms with E-state index in [0.717, 1.165) is 32.8 Å². The fourth-order valence-electron chi connectivity index (χ4n) is 1.78. The Bertz CT molecular complexity index is 137. The maximum Gasteiger partial charge on any atom is 0.0593 e. The Morgan fingerprint density at radius 2 is 1.94 bits per heavy atom. The summed E-state index contributed by atoms with van der Waals surface area (Å²) in [4.78, 5) is 2.32. The van der Waals surface area contributed by atoms with Gasteiger partial charge in [-0.05, 0) is 27.3 Å². The van der Waals surface area contributed by atoms with Crippen molar-refractivity contribution in [1.82, 2.24) is 10.2 Å². The van der Waals surface area contributed by atoms with Crippen molar-refractivity contribution in [2.45, 2.75) is 52.5 Å². The van der Waals surface area contributed by atoms with Crippen LogP contribution in [-0.2, 0) is 4.74 Å². The van der Waals surface area contributed by atoms with Crippen molar-refractivity contribution in [2.75, 3.05) is 39.9 Å². The number of nitrogens with zero attached hydrogens (tertiary/aromatic N) is 1. The molecule has 0 aromatic carbocycles. The highest BCUT2D eigenvalue weighted by Gasteiger charge is 2.02. The molecule has 3 heteroatoms. The van der Waals surface area contributed by atoms with Gasteiger partial charge < -0.3 is 15.0 Å². The van der Waals surface area contributed by atoms with Crippen LogP contribution in [0.5, 0.6) is 0 Å². The first-order chi connectivity index (χ1) is 8.20. The van der Waals surface area contributed by atoms with Gasteiger partial charge in [0.25, 0.3) is 0 Å². The molecule has 0 aliphatic carbocycles. The van der Waals surface area contributed by atoms with E-state index in [-0.39, 0.29) is 0 Å². The fourth-order valence-corrected chi connectivity index (χ4v) is 1.78. The molecule has 0 aromatic heterocycles. The molecular weight excluding hydrogens is 212 g/mol. The summed E-state index contributed by atoms with van der Waals surface area (Å²) in [7, 11) is 2.16. The normalized spacial score (nSPS) is 13.2. The van der Waals surface area contributed by atoms with Crippen molar-refractivity contribution in [2.24, 2.45) is 0 Å². The minimum Gasteiger partial charge on any atom is -0.380 e. The van der Waals surface area contributed by atoms with Crippen LogP contribution in [0.4, 0.5) is 0 Å².